The minimum absolute atomic E-state index is 0.0577. The second-order valence-electron chi connectivity index (χ2n) is 8.75. The largest absolute Gasteiger partial charge is 0.348 e. The number of amides is 2. The summed E-state index contributed by atoms with van der Waals surface area (Å²) in [6.45, 7) is 8.07. The molecule has 168 valence electrons. The molecule has 10 heteroatoms. The lowest BCUT2D eigenvalue weighted by atomic mass is 10.0. The maximum absolute atomic E-state index is 13.1. The number of thioether (sulfide) groups is 1. The van der Waals surface area contributed by atoms with Crippen LogP contribution in [0.1, 0.15) is 66.3 Å². The number of carbonyl (C=O) groups is 2. The zero-order chi connectivity index (χ0) is 22.0. The van der Waals surface area contributed by atoms with Crippen LogP contribution in [-0.4, -0.2) is 55.0 Å². The molecule has 4 rings (SSSR count). The van der Waals surface area contributed by atoms with Gasteiger partial charge >= 0.3 is 0 Å². The van der Waals surface area contributed by atoms with Gasteiger partial charge in [-0.1, -0.05) is 49.8 Å². The van der Waals surface area contributed by atoms with E-state index < -0.39 is 0 Å². The van der Waals surface area contributed by atoms with Crippen molar-refractivity contribution in [2.24, 2.45) is 5.92 Å². The monoisotopic (exact) mass is 462 g/mol. The summed E-state index contributed by atoms with van der Waals surface area (Å²) in [7, 11) is 0. The molecule has 31 heavy (non-hydrogen) atoms. The number of aryl methyl sites for hydroxylation is 1. The van der Waals surface area contributed by atoms with Crippen molar-refractivity contribution in [3.63, 3.8) is 0 Å². The van der Waals surface area contributed by atoms with Crippen molar-refractivity contribution in [3.05, 3.63) is 22.0 Å². The molecule has 0 unspecified atom stereocenters. The van der Waals surface area contributed by atoms with Crippen molar-refractivity contribution in [2.75, 3.05) is 12.3 Å². The standard InChI is InChI=1S/C21H30N6O2S2/c1-13(2)10-27-17-8-9-26(18(28)12-30-21-24-23-14(3)31-21)11-16(17)19(25-27)20(29)22-15-6-4-5-7-15/h13,15H,4-12H2,1-3H3,(H,22,29). The number of fused-ring (bicyclic) bond motifs is 1. The number of nitrogens with zero attached hydrogens (tertiary/aromatic N) is 5. The van der Waals surface area contributed by atoms with Gasteiger partial charge in [0, 0.05) is 43.4 Å². The number of aromatic nitrogens is 4. The lowest BCUT2D eigenvalue weighted by molar-refractivity contribution is -0.129. The fourth-order valence-corrected chi connectivity index (χ4v) is 5.98. The summed E-state index contributed by atoms with van der Waals surface area (Å²) in [5.41, 5.74) is 2.50. The van der Waals surface area contributed by atoms with E-state index in [4.69, 9.17) is 5.10 Å². The van der Waals surface area contributed by atoms with Gasteiger partial charge < -0.3 is 10.2 Å². The molecule has 1 saturated carbocycles. The summed E-state index contributed by atoms with van der Waals surface area (Å²) in [6, 6.07) is 0.242. The lowest BCUT2D eigenvalue weighted by Crippen LogP contribution is -2.39. The molecule has 2 aromatic rings. The summed E-state index contributed by atoms with van der Waals surface area (Å²) < 4.78 is 2.80. The smallest absolute Gasteiger partial charge is 0.272 e. The van der Waals surface area contributed by atoms with Gasteiger partial charge in [0.25, 0.3) is 5.91 Å². The molecule has 0 saturated heterocycles. The lowest BCUT2D eigenvalue weighted by Gasteiger charge is -2.28. The molecule has 2 aliphatic rings. The molecular weight excluding hydrogens is 432 g/mol. The SMILES string of the molecule is Cc1nnc(SCC(=O)N2CCc3c(c(C(=O)NC4CCCC4)nn3CC(C)C)C2)s1. The van der Waals surface area contributed by atoms with E-state index in [0.29, 0.717) is 30.5 Å². The molecular formula is C21H30N6O2S2. The van der Waals surface area contributed by atoms with Crippen molar-refractivity contribution >= 4 is 34.9 Å². The van der Waals surface area contributed by atoms with E-state index in [1.165, 1.54) is 35.9 Å². The molecule has 1 aliphatic heterocycles. The van der Waals surface area contributed by atoms with Gasteiger partial charge in [-0.2, -0.15) is 5.10 Å². The van der Waals surface area contributed by atoms with Crippen LogP contribution >= 0.6 is 23.1 Å². The fourth-order valence-electron chi connectivity index (χ4n) is 4.26. The molecule has 2 amide bonds. The van der Waals surface area contributed by atoms with Crippen LogP contribution in [0.25, 0.3) is 0 Å². The molecule has 2 aromatic heterocycles. The number of carbonyl (C=O) groups excluding carboxylic acids is 2. The van der Waals surface area contributed by atoms with E-state index in [-0.39, 0.29) is 17.9 Å². The van der Waals surface area contributed by atoms with Gasteiger partial charge in [-0.15, -0.1) is 10.2 Å². The molecule has 0 spiro atoms. The van der Waals surface area contributed by atoms with Crippen LogP contribution in [0.15, 0.2) is 4.34 Å². The minimum Gasteiger partial charge on any atom is -0.348 e. The number of hydrogen-bond donors (Lipinski definition) is 1. The molecule has 1 aliphatic carbocycles. The third kappa shape index (κ3) is 5.28. The normalized spacial score (nSPS) is 16.7. The first-order chi connectivity index (χ1) is 14.9. The van der Waals surface area contributed by atoms with Crippen LogP contribution in [0.5, 0.6) is 0 Å². The van der Waals surface area contributed by atoms with Crippen molar-refractivity contribution in [2.45, 2.75) is 76.3 Å². The third-order valence-electron chi connectivity index (χ3n) is 5.76. The predicted octanol–water partition coefficient (Wildman–Crippen LogP) is 3.05. The average molecular weight is 463 g/mol. The Kier molecular flexibility index (Phi) is 6.95. The van der Waals surface area contributed by atoms with Gasteiger partial charge in [-0.3, -0.25) is 14.3 Å². The first-order valence-electron chi connectivity index (χ1n) is 11.0. The van der Waals surface area contributed by atoms with Gasteiger partial charge in [-0.05, 0) is 25.7 Å². The van der Waals surface area contributed by atoms with E-state index in [0.717, 1.165) is 46.4 Å². The molecule has 8 nitrogen and oxygen atoms in total. The summed E-state index contributed by atoms with van der Waals surface area (Å²) in [6.07, 6.45) is 5.12. The first-order valence-corrected chi connectivity index (χ1v) is 12.8. The molecule has 0 aromatic carbocycles. The molecule has 0 atom stereocenters. The predicted molar refractivity (Wildman–Crippen MR) is 121 cm³/mol. The van der Waals surface area contributed by atoms with Gasteiger partial charge in [0.2, 0.25) is 5.91 Å². The number of hydrogen-bond acceptors (Lipinski definition) is 7. The van der Waals surface area contributed by atoms with E-state index in [1.807, 2.05) is 16.5 Å². The van der Waals surface area contributed by atoms with Crippen LogP contribution < -0.4 is 5.32 Å². The quantitative estimate of drug-likeness (QED) is 0.636. The zero-order valence-electron chi connectivity index (χ0n) is 18.4. The number of nitrogens with one attached hydrogen (secondary N) is 1. The van der Waals surface area contributed by atoms with E-state index >= 15 is 0 Å². The highest BCUT2D eigenvalue weighted by atomic mass is 32.2. The Balaban J connectivity index is 1.49. The second kappa shape index (κ2) is 9.68. The molecule has 3 heterocycles. The Morgan fingerprint density at radius 1 is 1.26 bits per heavy atom. The Morgan fingerprint density at radius 2 is 2.03 bits per heavy atom. The Bertz CT molecular complexity index is 948. The van der Waals surface area contributed by atoms with Gasteiger partial charge in [-0.25, -0.2) is 0 Å². The topological polar surface area (TPSA) is 93.0 Å². The highest BCUT2D eigenvalue weighted by Crippen LogP contribution is 2.27. The Morgan fingerprint density at radius 3 is 2.71 bits per heavy atom. The van der Waals surface area contributed by atoms with Crippen molar-refractivity contribution in [3.8, 4) is 0 Å². The summed E-state index contributed by atoms with van der Waals surface area (Å²) in [5.74, 6) is 0.718. The minimum atomic E-state index is -0.0985. The average Bonchev–Trinajstić information content (AvgIpc) is 3.46. The maximum Gasteiger partial charge on any atom is 0.272 e. The highest BCUT2D eigenvalue weighted by Gasteiger charge is 2.31. The van der Waals surface area contributed by atoms with E-state index in [1.54, 1.807) is 0 Å². The van der Waals surface area contributed by atoms with Gasteiger partial charge in [0.1, 0.15) is 5.01 Å². The Labute approximate surface area is 191 Å². The van der Waals surface area contributed by atoms with Gasteiger partial charge in [0.05, 0.1) is 5.75 Å². The number of rotatable bonds is 7. The summed E-state index contributed by atoms with van der Waals surface area (Å²) in [4.78, 5) is 27.8. The first kappa shape index (κ1) is 22.3. The van der Waals surface area contributed by atoms with Crippen molar-refractivity contribution < 1.29 is 9.59 Å². The van der Waals surface area contributed by atoms with E-state index in [2.05, 4.69) is 29.4 Å². The van der Waals surface area contributed by atoms with Crippen LogP contribution in [-0.2, 0) is 24.3 Å². The third-order valence-corrected chi connectivity index (χ3v) is 7.71. The maximum atomic E-state index is 13.1. The van der Waals surface area contributed by atoms with E-state index in [9.17, 15) is 9.59 Å². The zero-order valence-corrected chi connectivity index (χ0v) is 20.0. The van der Waals surface area contributed by atoms with Crippen molar-refractivity contribution in [1.29, 1.82) is 0 Å². The second-order valence-corrected chi connectivity index (χ2v) is 11.1. The van der Waals surface area contributed by atoms with Crippen LogP contribution in [0, 0.1) is 12.8 Å². The highest BCUT2D eigenvalue weighted by molar-refractivity contribution is 8.01. The fraction of sp³-hybridized carbons (Fsp3) is 0.667. The molecule has 0 radical (unpaired) electrons. The van der Waals surface area contributed by atoms with Crippen LogP contribution in [0.4, 0.5) is 0 Å². The Hall–Kier alpha value is -1.94. The molecule has 1 N–H and O–H groups in total. The van der Waals surface area contributed by atoms with Crippen molar-refractivity contribution in [1.82, 2.24) is 30.2 Å². The van der Waals surface area contributed by atoms with Gasteiger partial charge in [0.15, 0.2) is 10.0 Å². The molecule has 1 fully saturated rings. The summed E-state index contributed by atoms with van der Waals surface area (Å²) >= 11 is 2.92. The van der Waals surface area contributed by atoms with Crippen LogP contribution in [0.2, 0.25) is 0 Å². The van der Waals surface area contributed by atoms with Crippen LogP contribution in [0.3, 0.4) is 0 Å². The summed E-state index contributed by atoms with van der Waals surface area (Å²) in [5, 5.41) is 16.9. The molecule has 0 bridgehead atoms.